The molecule has 0 aliphatic heterocycles. The van der Waals surface area contributed by atoms with Gasteiger partial charge in [0.25, 0.3) is 0 Å². The summed E-state index contributed by atoms with van der Waals surface area (Å²) in [5.41, 5.74) is 10.2. The van der Waals surface area contributed by atoms with Gasteiger partial charge in [-0.05, 0) is 43.5 Å². The summed E-state index contributed by atoms with van der Waals surface area (Å²) in [7, 11) is 1.67. The normalized spacial score (nSPS) is 15.2. The minimum absolute atomic E-state index is 0.628. The molecule has 1 aliphatic carbocycles. The lowest BCUT2D eigenvalue weighted by Crippen LogP contribution is -1.97. The van der Waals surface area contributed by atoms with Crippen LogP contribution in [0.2, 0.25) is 0 Å². The molecule has 1 aromatic heterocycles. The van der Waals surface area contributed by atoms with E-state index < -0.39 is 0 Å². The number of hydrogen-bond donors (Lipinski definition) is 1. The highest BCUT2D eigenvalue weighted by molar-refractivity contribution is 5.93. The number of nitrogen functional groups attached to an aromatic ring is 1. The molecule has 3 nitrogen and oxygen atoms in total. The van der Waals surface area contributed by atoms with Crippen molar-refractivity contribution >= 4 is 16.6 Å². The summed E-state index contributed by atoms with van der Waals surface area (Å²) in [6.07, 6.45) is 2.49. The van der Waals surface area contributed by atoms with Crippen LogP contribution in [-0.4, -0.2) is 12.1 Å². The molecule has 0 saturated heterocycles. The lowest BCUT2D eigenvalue weighted by atomic mass is 10.1. The minimum atomic E-state index is 0.628. The van der Waals surface area contributed by atoms with Gasteiger partial charge in [-0.3, -0.25) is 4.98 Å². The molecule has 1 fully saturated rings. The van der Waals surface area contributed by atoms with Crippen LogP contribution in [0.15, 0.2) is 18.2 Å². The van der Waals surface area contributed by atoms with Gasteiger partial charge in [0, 0.05) is 22.7 Å². The Hall–Kier alpha value is -1.77. The van der Waals surface area contributed by atoms with Crippen LogP contribution in [0.1, 0.15) is 30.0 Å². The Bertz CT molecular complexity index is 588. The number of methoxy groups -OCH3 is 1. The third-order valence-corrected chi connectivity index (χ3v) is 3.36. The van der Waals surface area contributed by atoms with Gasteiger partial charge >= 0.3 is 0 Å². The zero-order valence-electron chi connectivity index (χ0n) is 10.2. The maximum Gasteiger partial charge on any atom is 0.119 e. The second kappa shape index (κ2) is 3.62. The third-order valence-electron chi connectivity index (χ3n) is 3.36. The molecule has 88 valence electrons. The van der Waals surface area contributed by atoms with Gasteiger partial charge in [0.1, 0.15) is 5.75 Å². The highest BCUT2D eigenvalue weighted by Crippen LogP contribution is 2.41. The van der Waals surface area contributed by atoms with Crippen LogP contribution in [0.25, 0.3) is 10.9 Å². The number of aryl methyl sites for hydroxylation is 1. The average Bonchev–Trinajstić information content (AvgIpc) is 3.13. The lowest BCUT2D eigenvalue weighted by molar-refractivity contribution is 0.415. The van der Waals surface area contributed by atoms with E-state index in [4.69, 9.17) is 15.5 Å². The predicted molar refractivity (Wildman–Crippen MR) is 69.4 cm³/mol. The quantitative estimate of drug-likeness (QED) is 0.859. The predicted octanol–water partition coefficient (Wildman–Crippen LogP) is 3.01. The van der Waals surface area contributed by atoms with Gasteiger partial charge in [-0.1, -0.05) is 0 Å². The molecule has 2 N–H and O–H groups in total. The number of nitrogens with two attached hydrogens (primary N) is 1. The molecule has 1 saturated carbocycles. The molecule has 0 atom stereocenters. The standard InChI is InChI=1S/C14H16N2O/c1-8-5-10(17-2)6-11-12(15)7-13(9-3-4-9)16-14(8)11/h5-7,9H,3-4H2,1-2H3,(H2,15,16). The van der Waals surface area contributed by atoms with Crippen molar-refractivity contribution in [2.45, 2.75) is 25.7 Å². The zero-order valence-corrected chi connectivity index (χ0v) is 10.2. The first kappa shape index (κ1) is 10.4. The maximum atomic E-state index is 6.12. The maximum absolute atomic E-state index is 6.12. The van der Waals surface area contributed by atoms with E-state index in [9.17, 15) is 0 Å². The van der Waals surface area contributed by atoms with E-state index in [0.717, 1.165) is 33.6 Å². The molecular formula is C14H16N2O. The topological polar surface area (TPSA) is 48.1 Å². The van der Waals surface area contributed by atoms with Gasteiger partial charge < -0.3 is 10.5 Å². The monoisotopic (exact) mass is 228 g/mol. The van der Waals surface area contributed by atoms with Crippen LogP contribution in [0.3, 0.4) is 0 Å². The molecule has 0 bridgehead atoms. The van der Waals surface area contributed by atoms with E-state index >= 15 is 0 Å². The van der Waals surface area contributed by atoms with Gasteiger partial charge in [-0.25, -0.2) is 0 Å². The first-order valence-electron chi connectivity index (χ1n) is 5.94. The Morgan fingerprint density at radius 3 is 2.71 bits per heavy atom. The molecule has 0 spiro atoms. The smallest absolute Gasteiger partial charge is 0.119 e. The van der Waals surface area contributed by atoms with Crippen molar-refractivity contribution in [3.05, 3.63) is 29.5 Å². The van der Waals surface area contributed by atoms with Crippen LogP contribution in [0.5, 0.6) is 5.75 Å². The number of pyridine rings is 1. The molecule has 0 amide bonds. The van der Waals surface area contributed by atoms with Crippen molar-refractivity contribution < 1.29 is 4.74 Å². The van der Waals surface area contributed by atoms with Crippen molar-refractivity contribution in [2.24, 2.45) is 0 Å². The first-order valence-corrected chi connectivity index (χ1v) is 5.94. The minimum Gasteiger partial charge on any atom is -0.497 e. The van der Waals surface area contributed by atoms with Crippen LogP contribution < -0.4 is 10.5 Å². The molecule has 1 aromatic carbocycles. The molecule has 1 heterocycles. The van der Waals surface area contributed by atoms with Crippen LogP contribution >= 0.6 is 0 Å². The number of benzene rings is 1. The molecule has 3 rings (SSSR count). The molecule has 0 unspecified atom stereocenters. The fourth-order valence-electron chi connectivity index (χ4n) is 2.22. The highest BCUT2D eigenvalue weighted by atomic mass is 16.5. The van der Waals surface area contributed by atoms with E-state index in [1.165, 1.54) is 12.8 Å². The number of nitrogens with zero attached hydrogens (tertiary/aromatic N) is 1. The number of hydrogen-bond acceptors (Lipinski definition) is 3. The van der Waals surface area contributed by atoms with E-state index in [0.29, 0.717) is 5.92 Å². The molecule has 2 aromatic rings. The Morgan fingerprint density at radius 2 is 2.06 bits per heavy atom. The van der Waals surface area contributed by atoms with Crippen molar-refractivity contribution in [2.75, 3.05) is 12.8 Å². The Morgan fingerprint density at radius 1 is 1.29 bits per heavy atom. The van der Waals surface area contributed by atoms with Crippen molar-refractivity contribution in [3.8, 4) is 5.75 Å². The third kappa shape index (κ3) is 1.71. The van der Waals surface area contributed by atoms with Gasteiger partial charge in [0.05, 0.1) is 12.6 Å². The van der Waals surface area contributed by atoms with Crippen LogP contribution in [0.4, 0.5) is 5.69 Å². The summed E-state index contributed by atoms with van der Waals surface area (Å²) >= 11 is 0. The second-order valence-electron chi connectivity index (χ2n) is 4.75. The Kier molecular flexibility index (Phi) is 2.21. The first-order chi connectivity index (χ1) is 8.19. The number of rotatable bonds is 2. The van der Waals surface area contributed by atoms with Gasteiger partial charge in [-0.2, -0.15) is 0 Å². The summed E-state index contributed by atoms with van der Waals surface area (Å²) < 4.78 is 5.26. The molecule has 3 heteroatoms. The molecular weight excluding hydrogens is 212 g/mol. The largest absolute Gasteiger partial charge is 0.497 e. The number of anilines is 1. The average molecular weight is 228 g/mol. The van der Waals surface area contributed by atoms with Crippen LogP contribution in [-0.2, 0) is 0 Å². The molecule has 1 aliphatic rings. The van der Waals surface area contributed by atoms with Gasteiger partial charge in [0.2, 0.25) is 0 Å². The van der Waals surface area contributed by atoms with Crippen LogP contribution in [0, 0.1) is 6.92 Å². The number of ether oxygens (including phenoxy) is 1. The summed E-state index contributed by atoms with van der Waals surface area (Å²) in [6, 6.07) is 5.98. The van der Waals surface area contributed by atoms with Crippen molar-refractivity contribution in [3.63, 3.8) is 0 Å². The Labute approximate surface area is 101 Å². The van der Waals surface area contributed by atoms with Crippen molar-refractivity contribution in [1.29, 1.82) is 0 Å². The summed E-state index contributed by atoms with van der Waals surface area (Å²) in [4.78, 5) is 4.74. The lowest BCUT2D eigenvalue weighted by Gasteiger charge is -2.10. The number of aromatic nitrogens is 1. The molecule has 17 heavy (non-hydrogen) atoms. The summed E-state index contributed by atoms with van der Waals surface area (Å²) in [5.74, 6) is 1.46. The van der Waals surface area contributed by atoms with Gasteiger partial charge in [-0.15, -0.1) is 0 Å². The number of fused-ring (bicyclic) bond motifs is 1. The van der Waals surface area contributed by atoms with Gasteiger partial charge in [0.15, 0.2) is 0 Å². The SMILES string of the molecule is COc1cc(C)c2nc(C3CC3)cc(N)c2c1. The van der Waals surface area contributed by atoms with Crippen molar-refractivity contribution in [1.82, 2.24) is 4.98 Å². The Balaban J connectivity index is 2.27. The summed E-state index contributed by atoms with van der Waals surface area (Å²) in [5, 5.41) is 0.992. The van der Waals surface area contributed by atoms with E-state index in [-0.39, 0.29) is 0 Å². The molecule has 0 radical (unpaired) electrons. The fourth-order valence-corrected chi connectivity index (χ4v) is 2.22. The van der Waals surface area contributed by atoms with E-state index in [2.05, 4.69) is 0 Å². The zero-order chi connectivity index (χ0) is 12.0. The second-order valence-corrected chi connectivity index (χ2v) is 4.75. The fraction of sp³-hybridized carbons (Fsp3) is 0.357. The summed E-state index contributed by atoms with van der Waals surface area (Å²) in [6.45, 7) is 2.05. The van der Waals surface area contributed by atoms with E-state index in [1.54, 1.807) is 7.11 Å². The highest BCUT2D eigenvalue weighted by Gasteiger charge is 2.26. The van der Waals surface area contributed by atoms with E-state index in [1.807, 2.05) is 25.1 Å².